The molecule has 0 radical (unpaired) electrons. The van der Waals surface area contributed by atoms with Gasteiger partial charge in [0.2, 0.25) is 0 Å². The zero-order chi connectivity index (χ0) is 50.6. The number of allylic oxidation sites excluding steroid dienone is 14. The maximum absolute atomic E-state index is 12.9. The van der Waals surface area contributed by atoms with Gasteiger partial charge < -0.3 is 14.2 Å². The van der Waals surface area contributed by atoms with Crippen LogP contribution in [0.3, 0.4) is 0 Å². The Balaban J connectivity index is 4.32. The van der Waals surface area contributed by atoms with E-state index >= 15 is 0 Å². The zero-order valence-electron chi connectivity index (χ0n) is 46.5. The van der Waals surface area contributed by atoms with Crippen LogP contribution in [0.15, 0.2) is 85.1 Å². The van der Waals surface area contributed by atoms with Crippen molar-refractivity contribution in [3.05, 3.63) is 85.1 Å². The van der Waals surface area contributed by atoms with E-state index in [0.717, 1.165) is 83.5 Å². The van der Waals surface area contributed by atoms with Crippen LogP contribution in [0.1, 0.15) is 290 Å². The van der Waals surface area contributed by atoms with E-state index in [2.05, 4.69) is 106 Å². The van der Waals surface area contributed by atoms with Crippen molar-refractivity contribution in [1.82, 2.24) is 0 Å². The molecule has 0 aliphatic carbocycles. The van der Waals surface area contributed by atoms with Crippen molar-refractivity contribution in [3.63, 3.8) is 0 Å². The van der Waals surface area contributed by atoms with E-state index in [-0.39, 0.29) is 25.2 Å². The summed E-state index contributed by atoms with van der Waals surface area (Å²) in [4.78, 5) is 25.6. The molecule has 0 aliphatic rings. The molecule has 0 saturated carbocycles. The average molecular weight is 976 g/mol. The van der Waals surface area contributed by atoms with Crippen LogP contribution in [-0.2, 0) is 23.8 Å². The molecular weight excluding hydrogens is 861 g/mol. The molecular formula is C65H114O5. The lowest BCUT2D eigenvalue weighted by molar-refractivity contribution is -0.163. The third kappa shape index (κ3) is 57.7. The number of ether oxygens (including phenoxy) is 3. The summed E-state index contributed by atoms with van der Waals surface area (Å²) in [6.45, 7) is 7.68. The standard InChI is InChI=1S/C65H114O5/c1-4-7-10-13-16-19-22-25-28-31-32-33-36-39-42-45-48-51-54-57-60-68-61-63(70-65(67)59-56-53-50-47-44-41-38-35-30-27-24-21-18-15-12-9-6-3)62-69-64(66)58-55-52-49-46-43-40-37-34-29-26-23-20-17-14-11-8-5-2/h7,10,16-17,19-20,25-30,32-33,63H,4-6,8-9,11-15,18,21-24,31,34-62H2,1-3H3/b10-7-,19-16-,20-17-,28-25-,29-26-,30-27-,33-32-. The van der Waals surface area contributed by atoms with E-state index in [1.807, 2.05) is 0 Å². The number of hydrogen-bond donors (Lipinski definition) is 0. The molecule has 0 aromatic heterocycles. The van der Waals surface area contributed by atoms with Gasteiger partial charge in [0.05, 0.1) is 6.61 Å². The van der Waals surface area contributed by atoms with Gasteiger partial charge in [-0.05, 0) is 116 Å². The fraction of sp³-hybridized carbons (Fsp3) is 0.754. The second-order valence-electron chi connectivity index (χ2n) is 19.9. The first kappa shape index (κ1) is 67.1. The third-order valence-corrected chi connectivity index (χ3v) is 12.9. The van der Waals surface area contributed by atoms with E-state index in [4.69, 9.17) is 14.2 Å². The monoisotopic (exact) mass is 975 g/mol. The Labute approximate surface area is 435 Å². The lowest BCUT2D eigenvalue weighted by atomic mass is 10.1. The predicted molar refractivity (Wildman–Crippen MR) is 307 cm³/mol. The van der Waals surface area contributed by atoms with E-state index in [9.17, 15) is 9.59 Å². The van der Waals surface area contributed by atoms with Gasteiger partial charge in [-0.15, -0.1) is 0 Å². The molecule has 0 heterocycles. The SMILES string of the molecule is CC/C=C\C/C=C\C/C=C\C/C=C\CCCCCCCCCOCC(COC(=O)CCCCCCCCC/C=C\C/C=C\CCCCC)OC(=O)CCCCCCCCC/C=C\CCCCCCCC. The molecule has 0 aromatic carbocycles. The van der Waals surface area contributed by atoms with Crippen LogP contribution in [0.4, 0.5) is 0 Å². The van der Waals surface area contributed by atoms with Crippen molar-refractivity contribution in [3.8, 4) is 0 Å². The molecule has 0 fully saturated rings. The van der Waals surface area contributed by atoms with Gasteiger partial charge in [-0.25, -0.2) is 0 Å². The molecule has 0 N–H and O–H groups in total. The van der Waals surface area contributed by atoms with Crippen molar-refractivity contribution < 1.29 is 23.8 Å². The summed E-state index contributed by atoms with van der Waals surface area (Å²) in [5.74, 6) is -0.410. The Bertz CT molecular complexity index is 1290. The van der Waals surface area contributed by atoms with Gasteiger partial charge in [-0.1, -0.05) is 247 Å². The number of rotatable bonds is 55. The first-order valence-corrected chi connectivity index (χ1v) is 30.1. The van der Waals surface area contributed by atoms with E-state index in [0.29, 0.717) is 19.4 Å². The second-order valence-corrected chi connectivity index (χ2v) is 19.9. The van der Waals surface area contributed by atoms with Gasteiger partial charge in [0.15, 0.2) is 6.10 Å². The molecule has 1 unspecified atom stereocenters. The smallest absolute Gasteiger partial charge is 0.306 e. The summed E-state index contributed by atoms with van der Waals surface area (Å²) >= 11 is 0. The highest BCUT2D eigenvalue weighted by molar-refractivity contribution is 5.70. The summed E-state index contributed by atoms with van der Waals surface area (Å²) in [5, 5.41) is 0. The Kier molecular flexibility index (Phi) is 57.9. The molecule has 5 nitrogen and oxygen atoms in total. The molecule has 0 saturated heterocycles. The number of hydrogen-bond acceptors (Lipinski definition) is 5. The van der Waals surface area contributed by atoms with E-state index in [1.54, 1.807) is 0 Å². The van der Waals surface area contributed by atoms with Crippen LogP contribution >= 0.6 is 0 Å². The highest BCUT2D eigenvalue weighted by Crippen LogP contribution is 2.15. The minimum absolute atomic E-state index is 0.0728. The fourth-order valence-corrected chi connectivity index (χ4v) is 8.41. The second kappa shape index (κ2) is 60.4. The average Bonchev–Trinajstić information content (AvgIpc) is 3.36. The molecule has 0 bridgehead atoms. The van der Waals surface area contributed by atoms with E-state index in [1.165, 1.54) is 173 Å². The highest BCUT2D eigenvalue weighted by Gasteiger charge is 2.17. The van der Waals surface area contributed by atoms with Crippen LogP contribution in [0.2, 0.25) is 0 Å². The largest absolute Gasteiger partial charge is 0.462 e. The Hall–Kier alpha value is -2.92. The maximum Gasteiger partial charge on any atom is 0.306 e. The highest BCUT2D eigenvalue weighted by atomic mass is 16.6. The zero-order valence-corrected chi connectivity index (χ0v) is 46.5. The van der Waals surface area contributed by atoms with Crippen molar-refractivity contribution in [2.75, 3.05) is 19.8 Å². The van der Waals surface area contributed by atoms with E-state index < -0.39 is 6.10 Å². The minimum Gasteiger partial charge on any atom is -0.462 e. The Morgan fingerprint density at radius 1 is 0.329 bits per heavy atom. The maximum atomic E-state index is 12.9. The van der Waals surface area contributed by atoms with Gasteiger partial charge in [0.1, 0.15) is 6.61 Å². The van der Waals surface area contributed by atoms with Gasteiger partial charge in [0, 0.05) is 19.4 Å². The van der Waals surface area contributed by atoms with Crippen molar-refractivity contribution in [2.45, 2.75) is 297 Å². The first-order valence-electron chi connectivity index (χ1n) is 30.1. The van der Waals surface area contributed by atoms with Crippen LogP contribution in [-0.4, -0.2) is 37.9 Å². The van der Waals surface area contributed by atoms with Crippen molar-refractivity contribution in [2.24, 2.45) is 0 Å². The number of carbonyl (C=O) groups is 2. The number of unbranched alkanes of at least 4 members (excludes halogenated alkanes) is 30. The summed E-state index contributed by atoms with van der Waals surface area (Å²) in [6, 6.07) is 0. The summed E-state index contributed by atoms with van der Waals surface area (Å²) in [7, 11) is 0. The lowest BCUT2D eigenvalue weighted by Gasteiger charge is -2.18. The fourth-order valence-electron chi connectivity index (χ4n) is 8.41. The molecule has 0 rings (SSSR count). The molecule has 404 valence electrons. The van der Waals surface area contributed by atoms with Crippen LogP contribution in [0.5, 0.6) is 0 Å². The van der Waals surface area contributed by atoms with Crippen LogP contribution in [0.25, 0.3) is 0 Å². The molecule has 0 aliphatic heterocycles. The minimum atomic E-state index is -0.552. The van der Waals surface area contributed by atoms with Crippen molar-refractivity contribution in [1.29, 1.82) is 0 Å². The van der Waals surface area contributed by atoms with Gasteiger partial charge >= 0.3 is 11.9 Å². The van der Waals surface area contributed by atoms with Crippen LogP contribution in [0, 0.1) is 0 Å². The Morgan fingerprint density at radius 3 is 1.07 bits per heavy atom. The van der Waals surface area contributed by atoms with Gasteiger partial charge in [-0.2, -0.15) is 0 Å². The third-order valence-electron chi connectivity index (χ3n) is 12.9. The van der Waals surface area contributed by atoms with Gasteiger partial charge in [-0.3, -0.25) is 9.59 Å². The number of carbonyl (C=O) groups excluding carboxylic acids is 2. The Morgan fingerprint density at radius 2 is 0.643 bits per heavy atom. The molecule has 1 atom stereocenters. The summed E-state index contributed by atoms with van der Waals surface area (Å²) < 4.78 is 17.5. The summed E-state index contributed by atoms with van der Waals surface area (Å²) in [5.41, 5.74) is 0. The topological polar surface area (TPSA) is 61.8 Å². The molecule has 0 aromatic rings. The predicted octanol–water partition coefficient (Wildman–Crippen LogP) is 20.8. The normalized spacial score (nSPS) is 12.8. The summed E-state index contributed by atoms with van der Waals surface area (Å²) in [6.07, 6.45) is 80.3. The quantitative estimate of drug-likeness (QED) is 0.0345. The molecule has 0 amide bonds. The first-order chi connectivity index (χ1) is 34.6. The lowest BCUT2D eigenvalue weighted by Crippen LogP contribution is -2.30. The molecule has 70 heavy (non-hydrogen) atoms. The van der Waals surface area contributed by atoms with Crippen LogP contribution < -0.4 is 0 Å². The van der Waals surface area contributed by atoms with Gasteiger partial charge in [0.25, 0.3) is 0 Å². The van der Waals surface area contributed by atoms with Crippen molar-refractivity contribution >= 4 is 11.9 Å². The molecule has 0 spiro atoms. The number of esters is 2. The molecule has 5 heteroatoms.